The van der Waals surface area contributed by atoms with Crippen molar-refractivity contribution in [1.29, 1.82) is 5.26 Å². The first-order valence-electron chi connectivity index (χ1n) is 11.2. The zero-order valence-electron chi connectivity index (χ0n) is 18.2. The lowest BCUT2D eigenvalue weighted by atomic mass is 9.90. The van der Waals surface area contributed by atoms with Crippen LogP contribution < -0.4 is 5.32 Å². The quantitative estimate of drug-likeness (QED) is 0.772. The number of morpholine rings is 1. The van der Waals surface area contributed by atoms with Crippen LogP contribution in [-0.4, -0.2) is 61.3 Å². The molecule has 0 radical (unpaired) electrons. The molecule has 0 unspecified atom stereocenters. The molecule has 4 rings (SSSR count). The fraction of sp³-hybridized carbons (Fsp3) is 0.440. The number of piperidine rings is 1. The Hall–Kier alpha value is -2.95. The molecule has 0 aliphatic carbocycles. The van der Waals surface area contributed by atoms with Gasteiger partial charge in [-0.05, 0) is 74.2 Å². The fourth-order valence-electron chi connectivity index (χ4n) is 4.50. The number of likely N-dealkylation sites (tertiary alicyclic amines) is 1. The number of hydrogen-bond donors (Lipinski definition) is 1. The number of anilines is 1. The molecule has 1 N–H and O–H groups in total. The molecule has 2 aromatic rings. The van der Waals surface area contributed by atoms with Crippen LogP contribution in [0.15, 0.2) is 48.5 Å². The minimum Gasteiger partial charge on any atom is -0.373 e. The number of urea groups is 1. The van der Waals surface area contributed by atoms with Gasteiger partial charge in [0.15, 0.2) is 0 Å². The van der Waals surface area contributed by atoms with Crippen molar-refractivity contribution in [1.82, 2.24) is 9.80 Å². The number of nitrogens with one attached hydrogen (secondary N) is 1. The largest absolute Gasteiger partial charge is 0.373 e. The number of rotatable bonds is 5. The molecule has 2 saturated heterocycles. The molecule has 2 heterocycles. The Labute approximate surface area is 188 Å². The van der Waals surface area contributed by atoms with Crippen molar-refractivity contribution in [2.24, 2.45) is 5.92 Å². The van der Waals surface area contributed by atoms with Crippen LogP contribution in [0.2, 0.25) is 0 Å². The van der Waals surface area contributed by atoms with E-state index in [0.29, 0.717) is 36.9 Å². The molecule has 2 fully saturated rings. The average molecular weight is 437 g/mol. The van der Waals surface area contributed by atoms with Crippen LogP contribution in [0.3, 0.4) is 0 Å². The minimum atomic E-state index is -0.186. The van der Waals surface area contributed by atoms with E-state index in [1.165, 1.54) is 17.7 Å². The summed E-state index contributed by atoms with van der Waals surface area (Å²) in [5.74, 6) is 0.435. The van der Waals surface area contributed by atoms with Crippen LogP contribution in [0.4, 0.5) is 14.9 Å². The van der Waals surface area contributed by atoms with Gasteiger partial charge in [-0.3, -0.25) is 0 Å². The van der Waals surface area contributed by atoms with Gasteiger partial charge in [-0.15, -0.1) is 0 Å². The maximum absolute atomic E-state index is 13.1. The third-order valence-electron chi connectivity index (χ3n) is 6.28. The Morgan fingerprint density at radius 3 is 2.69 bits per heavy atom. The van der Waals surface area contributed by atoms with Crippen molar-refractivity contribution >= 4 is 11.7 Å². The summed E-state index contributed by atoms with van der Waals surface area (Å²) in [7, 11) is 0. The van der Waals surface area contributed by atoms with E-state index in [1.807, 2.05) is 12.1 Å². The van der Waals surface area contributed by atoms with Gasteiger partial charge >= 0.3 is 6.03 Å². The molecule has 0 saturated carbocycles. The molecule has 32 heavy (non-hydrogen) atoms. The molecule has 6 nitrogen and oxygen atoms in total. The van der Waals surface area contributed by atoms with E-state index in [1.54, 1.807) is 29.2 Å². The average Bonchev–Trinajstić information content (AvgIpc) is 2.82. The Bertz CT molecular complexity index is 951. The maximum atomic E-state index is 13.1. The number of halogens is 1. The van der Waals surface area contributed by atoms with Crippen molar-refractivity contribution in [2.75, 3.05) is 44.6 Å². The lowest BCUT2D eigenvalue weighted by Gasteiger charge is -2.38. The first kappa shape index (κ1) is 22.3. The summed E-state index contributed by atoms with van der Waals surface area (Å²) >= 11 is 0. The lowest BCUT2D eigenvalue weighted by molar-refractivity contribution is -0.0329. The van der Waals surface area contributed by atoms with E-state index in [0.717, 1.165) is 38.9 Å². The van der Waals surface area contributed by atoms with Gasteiger partial charge in [0, 0.05) is 25.3 Å². The number of hydrogen-bond acceptors (Lipinski definition) is 4. The second kappa shape index (κ2) is 10.6. The van der Waals surface area contributed by atoms with Gasteiger partial charge in [0.1, 0.15) is 5.82 Å². The van der Waals surface area contributed by atoms with Gasteiger partial charge in [0.05, 0.1) is 24.3 Å². The minimum absolute atomic E-state index is 0.00593. The number of benzene rings is 2. The molecule has 2 aromatic carbocycles. The van der Waals surface area contributed by atoms with Crippen molar-refractivity contribution in [3.05, 3.63) is 65.5 Å². The highest BCUT2D eigenvalue weighted by Crippen LogP contribution is 2.23. The van der Waals surface area contributed by atoms with E-state index in [2.05, 4.69) is 16.3 Å². The van der Waals surface area contributed by atoms with E-state index < -0.39 is 0 Å². The Morgan fingerprint density at radius 2 is 1.94 bits per heavy atom. The summed E-state index contributed by atoms with van der Waals surface area (Å²) in [5, 5.41) is 11.9. The second-order valence-electron chi connectivity index (χ2n) is 8.64. The topological polar surface area (TPSA) is 68.6 Å². The highest BCUT2D eigenvalue weighted by atomic mass is 19.1. The molecule has 2 aliphatic heterocycles. The van der Waals surface area contributed by atoms with Crippen molar-refractivity contribution < 1.29 is 13.9 Å². The summed E-state index contributed by atoms with van der Waals surface area (Å²) in [6, 6.07) is 15.7. The molecule has 7 heteroatoms. The molecular weight excluding hydrogens is 407 g/mol. The number of carbonyl (C=O) groups excluding carboxylic acids is 1. The van der Waals surface area contributed by atoms with Gasteiger partial charge in [0.2, 0.25) is 0 Å². The summed E-state index contributed by atoms with van der Waals surface area (Å²) in [6.07, 6.45) is 3.22. The van der Waals surface area contributed by atoms with Crippen LogP contribution >= 0.6 is 0 Å². The van der Waals surface area contributed by atoms with Crippen LogP contribution in [-0.2, 0) is 11.2 Å². The molecular formula is C25H29FN4O2. The van der Waals surface area contributed by atoms with Crippen molar-refractivity contribution in [3.8, 4) is 6.07 Å². The van der Waals surface area contributed by atoms with Crippen LogP contribution in [0.25, 0.3) is 0 Å². The highest BCUT2D eigenvalue weighted by Gasteiger charge is 2.28. The normalized spacial score (nSPS) is 20.0. The van der Waals surface area contributed by atoms with Crippen LogP contribution in [0.5, 0.6) is 0 Å². The maximum Gasteiger partial charge on any atom is 0.322 e. The zero-order valence-corrected chi connectivity index (χ0v) is 18.2. The summed E-state index contributed by atoms with van der Waals surface area (Å²) < 4.78 is 19.0. The number of nitrogens with zero attached hydrogens (tertiary/aromatic N) is 3. The molecule has 2 aliphatic rings. The SMILES string of the molecule is N#Cc1cccc(NC(=O)N2CCO[C@H](CN3CCC(Cc4ccc(F)cc4)CC3)C2)c1. The predicted octanol–water partition coefficient (Wildman–Crippen LogP) is 3.88. The Balaban J connectivity index is 1.22. The number of amides is 2. The van der Waals surface area contributed by atoms with Crippen LogP contribution in [0.1, 0.15) is 24.0 Å². The van der Waals surface area contributed by atoms with Gasteiger partial charge in [-0.2, -0.15) is 5.26 Å². The molecule has 0 spiro atoms. The second-order valence-corrected chi connectivity index (χ2v) is 8.64. The van der Waals surface area contributed by atoms with Gasteiger partial charge < -0.3 is 19.9 Å². The van der Waals surface area contributed by atoms with Gasteiger partial charge in [0.25, 0.3) is 0 Å². The summed E-state index contributed by atoms with van der Waals surface area (Å²) in [4.78, 5) is 16.9. The van der Waals surface area contributed by atoms with Crippen LogP contribution in [0, 0.1) is 23.1 Å². The Kier molecular flexibility index (Phi) is 7.35. The molecule has 168 valence electrons. The third-order valence-corrected chi connectivity index (χ3v) is 6.28. The van der Waals surface area contributed by atoms with E-state index in [-0.39, 0.29) is 18.0 Å². The first-order valence-corrected chi connectivity index (χ1v) is 11.2. The molecule has 0 aromatic heterocycles. The van der Waals surface area contributed by atoms with Crippen molar-refractivity contribution in [3.63, 3.8) is 0 Å². The molecule has 2 amide bonds. The van der Waals surface area contributed by atoms with Crippen molar-refractivity contribution in [2.45, 2.75) is 25.4 Å². The number of carbonyl (C=O) groups is 1. The van der Waals surface area contributed by atoms with E-state index in [4.69, 9.17) is 10.00 Å². The molecule has 1 atom stereocenters. The number of nitriles is 1. The van der Waals surface area contributed by atoms with E-state index in [9.17, 15) is 9.18 Å². The first-order chi connectivity index (χ1) is 15.6. The summed E-state index contributed by atoms with van der Waals surface area (Å²) in [6.45, 7) is 4.48. The molecule has 0 bridgehead atoms. The zero-order chi connectivity index (χ0) is 22.3. The third kappa shape index (κ3) is 6.06. The monoisotopic (exact) mass is 436 g/mol. The lowest BCUT2D eigenvalue weighted by Crippen LogP contribution is -2.51. The standard InChI is InChI=1S/C25H29FN4O2/c26-22-6-4-19(5-7-22)14-20-8-10-29(11-9-20)17-24-18-30(12-13-32-24)25(31)28-23-3-1-2-21(15-23)16-27/h1-7,15,20,24H,8-14,17-18H2,(H,28,31)/t24-/m1/s1. The van der Waals surface area contributed by atoms with E-state index >= 15 is 0 Å². The predicted molar refractivity (Wildman–Crippen MR) is 121 cm³/mol. The Morgan fingerprint density at radius 1 is 1.16 bits per heavy atom. The fourth-order valence-corrected chi connectivity index (χ4v) is 4.50. The number of ether oxygens (including phenoxy) is 1. The summed E-state index contributed by atoms with van der Waals surface area (Å²) in [5.41, 5.74) is 2.34. The van der Waals surface area contributed by atoms with Gasteiger partial charge in [-0.25, -0.2) is 9.18 Å². The van der Waals surface area contributed by atoms with Gasteiger partial charge in [-0.1, -0.05) is 18.2 Å². The smallest absolute Gasteiger partial charge is 0.322 e. The highest BCUT2D eigenvalue weighted by molar-refractivity contribution is 5.89.